The molecular formula is C25H30ClNO3S. The minimum atomic E-state index is -0.502. The van der Waals surface area contributed by atoms with E-state index in [-0.39, 0.29) is 5.91 Å². The number of halogens is 1. The molecule has 1 amide bonds. The molecule has 0 aromatic heterocycles. The van der Waals surface area contributed by atoms with Gasteiger partial charge < -0.3 is 10.1 Å². The van der Waals surface area contributed by atoms with E-state index in [9.17, 15) is 9.59 Å². The number of carbonyl (C=O) groups excluding carboxylic acids is 2. The summed E-state index contributed by atoms with van der Waals surface area (Å²) in [5, 5.41) is 3.29. The number of ether oxygens (including phenoxy) is 1. The van der Waals surface area contributed by atoms with E-state index in [2.05, 4.69) is 24.4 Å². The number of rotatable bonds is 12. The lowest BCUT2D eigenvalue weighted by molar-refractivity contribution is -0.113. The van der Waals surface area contributed by atoms with Crippen molar-refractivity contribution in [1.82, 2.24) is 0 Å². The molecule has 166 valence electrons. The second kappa shape index (κ2) is 13.9. The van der Waals surface area contributed by atoms with Crippen molar-refractivity contribution in [2.45, 2.75) is 39.0 Å². The fraction of sp³-hybridized carbons (Fsp3) is 0.360. The number of benzene rings is 2. The zero-order valence-electron chi connectivity index (χ0n) is 18.2. The maximum absolute atomic E-state index is 12.5. The summed E-state index contributed by atoms with van der Waals surface area (Å²) in [6.07, 6.45) is 8.93. The van der Waals surface area contributed by atoms with Crippen LogP contribution in [-0.2, 0) is 16.0 Å². The summed E-state index contributed by atoms with van der Waals surface area (Å²) in [4.78, 5) is 24.9. The molecule has 0 aliphatic carbocycles. The van der Waals surface area contributed by atoms with Crippen molar-refractivity contribution in [1.29, 1.82) is 0 Å². The molecule has 0 radical (unpaired) electrons. The number of thioether (sulfide) groups is 1. The van der Waals surface area contributed by atoms with Crippen LogP contribution in [0.3, 0.4) is 0 Å². The van der Waals surface area contributed by atoms with Gasteiger partial charge in [0, 0.05) is 5.02 Å². The first kappa shape index (κ1) is 25.0. The van der Waals surface area contributed by atoms with Crippen molar-refractivity contribution in [3.63, 3.8) is 0 Å². The minimum Gasteiger partial charge on any atom is -0.465 e. The van der Waals surface area contributed by atoms with E-state index in [1.54, 1.807) is 23.9 Å². The Bertz CT molecular complexity index is 884. The summed E-state index contributed by atoms with van der Waals surface area (Å²) < 4.78 is 4.95. The molecule has 0 saturated carbocycles. The number of unbranched alkanes of at least 4 members (excludes halogenated alkanes) is 2. The SMILES string of the molecule is CCCCC=Cc1cc(Cl)cc(NC(=O)CSCCCc2ccccc2)c1C(=O)OC. The molecular weight excluding hydrogens is 430 g/mol. The molecule has 6 heteroatoms. The maximum atomic E-state index is 12.5. The standard InChI is InChI=1S/C25H30ClNO3S/c1-3-4-5-9-14-20-16-21(26)17-22(24(20)25(29)30-2)27-23(28)18-31-15-10-13-19-11-7-6-8-12-19/h6-9,11-12,14,16-17H,3-5,10,13,15,18H2,1-2H3,(H,27,28). The molecule has 0 saturated heterocycles. The lowest BCUT2D eigenvalue weighted by Crippen LogP contribution is -2.18. The zero-order valence-corrected chi connectivity index (χ0v) is 19.7. The lowest BCUT2D eigenvalue weighted by Gasteiger charge is -2.13. The first-order chi connectivity index (χ1) is 15.0. The lowest BCUT2D eigenvalue weighted by atomic mass is 10.0. The van der Waals surface area contributed by atoms with E-state index in [1.807, 2.05) is 30.4 Å². The van der Waals surface area contributed by atoms with Crippen LogP contribution < -0.4 is 5.32 Å². The van der Waals surface area contributed by atoms with E-state index in [0.29, 0.717) is 27.6 Å². The summed E-state index contributed by atoms with van der Waals surface area (Å²) in [5.74, 6) is 0.521. The first-order valence-electron chi connectivity index (χ1n) is 10.5. The number of allylic oxidation sites excluding steroid dienone is 1. The third-order valence-electron chi connectivity index (χ3n) is 4.65. The Morgan fingerprint density at radius 3 is 2.65 bits per heavy atom. The Balaban J connectivity index is 1.98. The first-order valence-corrected chi connectivity index (χ1v) is 12.1. The van der Waals surface area contributed by atoms with Crippen LogP contribution in [0.5, 0.6) is 0 Å². The second-order valence-corrected chi connectivity index (χ2v) is 8.69. The average molecular weight is 460 g/mol. The highest BCUT2D eigenvalue weighted by atomic mass is 35.5. The van der Waals surface area contributed by atoms with Crippen LogP contribution in [0.2, 0.25) is 5.02 Å². The summed E-state index contributed by atoms with van der Waals surface area (Å²) in [6, 6.07) is 13.6. The number of methoxy groups -OCH3 is 1. The van der Waals surface area contributed by atoms with Crippen LogP contribution in [-0.4, -0.2) is 30.5 Å². The summed E-state index contributed by atoms with van der Waals surface area (Å²) >= 11 is 7.83. The third kappa shape index (κ3) is 8.80. The van der Waals surface area contributed by atoms with Gasteiger partial charge in [-0.1, -0.05) is 73.9 Å². The molecule has 2 rings (SSSR count). The fourth-order valence-corrected chi connectivity index (χ4v) is 4.07. The maximum Gasteiger partial charge on any atom is 0.340 e. The molecule has 0 fully saturated rings. The van der Waals surface area contributed by atoms with Gasteiger partial charge in [-0.15, -0.1) is 0 Å². The van der Waals surface area contributed by atoms with Gasteiger partial charge in [-0.05, 0) is 48.3 Å². The Kier molecular flexibility index (Phi) is 11.3. The van der Waals surface area contributed by atoms with Gasteiger partial charge in [0.25, 0.3) is 0 Å². The van der Waals surface area contributed by atoms with Crippen LogP contribution in [0.4, 0.5) is 5.69 Å². The average Bonchev–Trinajstić information content (AvgIpc) is 2.76. The number of anilines is 1. The molecule has 1 N–H and O–H groups in total. The van der Waals surface area contributed by atoms with Crippen LogP contribution in [0.1, 0.15) is 54.1 Å². The number of carbonyl (C=O) groups is 2. The second-order valence-electron chi connectivity index (χ2n) is 7.14. The predicted octanol–water partition coefficient (Wildman–Crippen LogP) is 6.63. The highest BCUT2D eigenvalue weighted by Crippen LogP contribution is 2.28. The number of hydrogen-bond acceptors (Lipinski definition) is 4. The highest BCUT2D eigenvalue weighted by Gasteiger charge is 2.19. The number of nitrogens with one attached hydrogen (secondary N) is 1. The van der Waals surface area contributed by atoms with Gasteiger partial charge in [0.15, 0.2) is 0 Å². The Morgan fingerprint density at radius 2 is 1.94 bits per heavy atom. The molecule has 0 spiro atoms. The molecule has 0 heterocycles. The van der Waals surface area contributed by atoms with E-state index in [1.165, 1.54) is 12.7 Å². The van der Waals surface area contributed by atoms with Gasteiger partial charge in [-0.3, -0.25) is 4.79 Å². The van der Waals surface area contributed by atoms with Crippen molar-refractivity contribution in [3.8, 4) is 0 Å². The van der Waals surface area contributed by atoms with Crippen molar-refractivity contribution >= 4 is 47.0 Å². The van der Waals surface area contributed by atoms with Gasteiger partial charge in [0.1, 0.15) is 0 Å². The molecule has 0 aliphatic heterocycles. The van der Waals surface area contributed by atoms with Crippen LogP contribution in [0.15, 0.2) is 48.5 Å². The van der Waals surface area contributed by atoms with Gasteiger partial charge in [-0.25, -0.2) is 4.79 Å². The summed E-state index contributed by atoms with van der Waals surface area (Å²) in [5.41, 5.74) is 2.64. The Morgan fingerprint density at radius 1 is 1.16 bits per heavy atom. The van der Waals surface area contributed by atoms with Gasteiger partial charge in [-0.2, -0.15) is 11.8 Å². The largest absolute Gasteiger partial charge is 0.465 e. The number of amides is 1. The Labute approximate surface area is 194 Å². The van der Waals surface area contributed by atoms with Gasteiger partial charge >= 0.3 is 5.97 Å². The third-order valence-corrected chi connectivity index (χ3v) is 5.91. The normalized spacial score (nSPS) is 10.9. The molecule has 4 nitrogen and oxygen atoms in total. The van der Waals surface area contributed by atoms with E-state index >= 15 is 0 Å². The van der Waals surface area contributed by atoms with Crippen LogP contribution in [0, 0.1) is 0 Å². The van der Waals surface area contributed by atoms with Crippen LogP contribution >= 0.6 is 23.4 Å². The molecule has 0 aliphatic rings. The Hall–Kier alpha value is -2.24. The smallest absolute Gasteiger partial charge is 0.340 e. The zero-order chi connectivity index (χ0) is 22.5. The molecule has 2 aromatic rings. The minimum absolute atomic E-state index is 0.168. The molecule has 2 aromatic carbocycles. The topological polar surface area (TPSA) is 55.4 Å². The number of esters is 1. The van der Waals surface area contributed by atoms with Crippen molar-refractivity contribution in [3.05, 3.63) is 70.3 Å². The fourth-order valence-electron chi connectivity index (χ4n) is 3.09. The van der Waals surface area contributed by atoms with E-state index in [4.69, 9.17) is 16.3 Å². The number of hydrogen-bond donors (Lipinski definition) is 1. The number of aryl methyl sites for hydroxylation is 1. The quantitative estimate of drug-likeness (QED) is 0.285. The highest BCUT2D eigenvalue weighted by molar-refractivity contribution is 7.99. The summed E-state index contributed by atoms with van der Waals surface area (Å²) in [7, 11) is 1.33. The molecule has 0 bridgehead atoms. The summed E-state index contributed by atoms with van der Waals surface area (Å²) in [6.45, 7) is 2.13. The van der Waals surface area contributed by atoms with E-state index < -0.39 is 5.97 Å². The van der Waals surface area contributed by atoms with Crippen molar-refractivity contribution < 1.29 is 14.3 Å². The van der Waals surface area contributed by atoms with Gasteiger partial charge in [0.05, 0.1) is 24.1 Å². The van der Waals surface area contributed by atoms with Crippen LogP contribution in [0.25, 0.3) is 6.08 Å². The monoisotopic (exact) mass is 459 g/mol. The molecule has 31 heavy (non-hydrogen) atoms. The molecule has 0 unspecified atom stereocenters. The predicted molar refractivity (Wildman–Crippen MR) is 132 cm³/mol. The van der Waals surface area contributed by atoms with Crippen molar-refractivity contribution in [2.75, 3.05) is 23.9 Å². The van der Waals surface area contributed by atoms with Crippen molar-refractivity contribution in [2.24, 2.45) is 0 Å². The molecule has 0 atom stereocenters. The van der Waals surface area contributed by atoms with Gasteiger partial charge in [0.2, 0.25) is 5.91 Å². The van der Waals surface area contributed by atoms with E-state index in [0.717, 1.165) is 37.9 Å².